The molecule has 0 spiro atoms. The Bertz CT molecular complexity index is 759. The molecule has 1 atom stereocenters. The van der Waals surface area contributed by atoms with Crippen molar-refractivity contribution in [3.63, 3.8) is 0 Å². The van der Waals surface area contributed by atoms with Crippen molar-refractivity contribution in [2.75, 3.05) is 13.7 Å². The maximum absolute atomic E-state index is 14.3. The Morgan fingerprint density at radius 2 is 2.08 bits per heavy atom. The molecule has 136 valence electrons. The molecule has 0 aliphatic rings. The normalized spacial score (nSPS) is 12.7. The molecular weight excluding hydrogens is 325 g/mol. The second-order valence-electron chi connectivity index (χ2n) is 7.00. The number of aromatic nitrogens is 2. The highest BCUT2D eigenvalue weighted by atomic mass is 19.1. The molecule has 0 aliphatic carbocycles. The largest absolute Gasteiger partial charge is 0.481 e. The number of hydrogen-bond acceptors (Lipinski definition) is 5. The highest BCUT2D eigenvalue weighted by molar-refractivity contribution is 5.78. The van der Waals surface area contributed by atoms with E-state index in [-0.39, 0.29) is 5.92 Å². The number of carbonyl (C=O) groups is 1. The van der Waals surface area contributed by atoms with Gasteiger partial charge < -0.3 is 14.8 Å². The summed E-state index contributed by atoms with van der Waals surface area (Å²) in [4.78, 5) is 20.1. The third kappa shape index (κ3) is 5.27. The molecule has 1 N–H and O–H groups in total. The number of pyridine rings is 2. The van der Waals surface area contributed by atoms with Gasteiger partial charge in [-0.3, -0.25) is 4.98 Å². The molecule has 0 saturated carbocycles. The van der Waals surface area contributed by atoms with Crippen molar-refractivity contribution in [1.29, 1.82) is 0 Å². The maximum atomic E-state index is 14.3. The van der Waals surface area contributed by atoms with Crippen molar-refractivity contribution in [3.8, 4) is 5.88 Å². The predicted molar refractivity (Wildman–Crippen MR) is 93.2 cm³/mol. The van der Waals surface area contributed by atoms with Crippen LogP contribution in [0.25, 0.3) is 11.0 Å². The summed E-state index contributed by atoms with van der Waals surface area (Å²) < 4.78 is 24.6. The van der Waals surface area contributed by atoms with E-state index in [0.717, 1.165) is 0 Å². The monoisotopic (exact) mass is 349 g/mol. The van der Waals surface area contributed by atoms with E-state index < -0.39 is 17.5 Å². The van der Waals surface area contributed by atoms with E-state index >= 15 is 0 Å². The Balaban J connectivity index is 2.11. The molecule has 2 heterocycles. The van der Waals surface area contributed by atoms with Gasteiger partial charge in [-0.05, 0) is 39.2 Å². The Labute approximate surface area is 146 Å². The predicted octanol–water partition coefficient (Wildman–Crippen LogP) is 3.48. The first-order valence-corrected chi connectivity index (χ1v) is 8.14. The van der Waals surface area contributed by atoms with Crippen LogP contribution in [0.1, 0.15) is 33.3 Å². The second-order valence-corrected chi connectivity index (χ2v) is 7.00. The topological polar surface area (TPSA) is 73.3 Å². The number of fused-ring (bicyclic) bond motifs is 1. The Hall–Kier alpha value is -2.44. The van der Waals surface area contributed by atoms with Crippen LogP contribution in [0.15, 0.2) is 18.3 Å². The number of nitrogens with zero attached hydrogens (tertiary/aromatic N) is 2. The zero-order valence-electron chi connectivity index (χ0n) is 15.2. The molecule has 0 saturated heterocycles. The fourth-order valence-electron chi connectivity index (χ4n) is 2.38. The molecule has 2 aromatic rings. The van der Waals surface area contributed by atoms with Crippen LogP contribution < -0.4 is 10.1 Å². The van der Waals surface area contributed by atoms with Gasteiger partial charge in [-0.2, -0.15) is 0 Å². The van der Waals surface area contributed by atoms with Crippen LogP contribution in [0.2, 0.25) is 0 Å². The Kier molecular flexibility index (Phi) is 5.77. The molecule has 1 unspecified atom stereocenters. The van der Waals surface area contributed by atoms with Gasteiger partial charge in [0.25, 0.3) is 0 Å². The van der Waals surface area contributed by atoms with Crippen LogP contribution in [0.3, 0.4) is 0 Å². The minimum atomic E-state index is -0.554. The van der Waals surface area contributed by atoms with E-state index in [4.69, 9.17) is 9.47 Å². The van der Waals surface area contributed by atoms with Crippen molar-refractivity contribution in [3.05, 3.63) is 29.7 Å². The lowest BCUT2D eigenvalue weighted by Gasteiger charge is -2.21. The van der Waals surface area contributed by atoms with Crippen molar-refractivity contribution in [1.82, 2.24) is 15.3 Å². The summed E-state index contributed by atoms with van der Waals surface area (Å²) in [5.41, 5.74) is 0.983. The fraction of sp³-hybridized carbons (Fsp3) is 0.500. The Morgan fingerprint density at radius 1 is 1.36 bits per heavy atom. The molecule has 0 aromatic carbocycles. The van der Waals surface area contributed by atoms with Crippen LogP contribution in [-0.4, -0.2) is 35.3 Å². The molecule has 2 rings (SSSR count). The number of alkyl carbamates (subject to hydrolysis) is 1. The van der Waals surface area contributed by atoms with E-state index in [1.807, 2.05) is 6.92 Å². The van der Waals surface area contributed by atoms with E-state index in [2.05, 4.69) is 15.3 Å². The SMILES string of the molecule is COc1ccc2ncc(F)c(CC(C)CNC(=O)OC(C)(C)C)c2n1. The van der Waals surface area contributed by atoms with Gasteiger partial charge in [-0.15, -0.1) is 0 Å². The van der Waals surface area contributed by atoms with Gasteiger partial charge in [0, 0.05) is 18.2 Å². The van der Waals surface area contributed by atoms with Crippen LogP contribution in [-0.2, 0) is 11.2 Å². The summed E-state index contributed by atoms with van der Waals surface area (Å²) in [5.74, 6) is -0.0290. The fourth-order valence-corrected chi connectivity index (χ4v) is 2.38. The number of rotatable bonds is 5. The lowest BCUT2D eigenvalue weighted by molar-refractivity contribution is 0.0520. The number of nitrogens with one attached hydrogen (secondary N) is 1. The lowest BCUT2D eigenvalue weighted by Crippen LogP contribution is -2.35. The van der Waals surface area contributed by atoms with Gasteiger partial charge in [0.05, 0.1) is 24.3 Å². The van der Waals surface area contributed by atoms with Crippen LogP contribution >= 0.6 is 0 Å². The van der Waals surface area contributed by atoms with Crippen molar-refractivity contribution in [2.24, 2.45) is 5.92 Å². The van der Waals surface area contributed by atoms with Gasteiger partial charge in [-0.1, -0.05) is 6.92 Å². The number of ether oxygens (including phenoxy) is 2. The van der Waals surface area contributed by atoms with Crippen molar-refractivity contribution in [2.45, 2.75) is 39.7 Å². The Morgan fingerprint density at radius 3 is 2.72 bits per heavy atom. The number of methoxy groups -OCH3 is 1. The van der Waals surface area contributed by atoms with Crippen molar-refractivity contribution >= 4 is 17.1 Å². The average molecular weight is 349 g/mol. The van der Waals surface area contributed by atoms with Crippen LogP contribution in [0.5, 0.6) is 5.88 Å². The molecule has 2 aromatic heterocycles. The van der Waals surface area contributed by atoms with Gasteiger partial charge in [0.2, 0.25) is 5.88 Å². The van der Waals surface area contributed by atoms with E-state index in [9.17, 15) is 9.18 Å². The quantitative estimate of drug-likeness (QED) is 0.894. The molecular formula is C18H24FN3O3. The number of halogens is 1. The summed E-state index contributed by atoms with van der Waals surface area (Å²) in [5, 5.41) is 2.70. The first kappa shape index (κ1) is 18.9. The summed E-state index contributed by atoms with van der Waals surface area (Å²) in [7, 11) is 1.51. The second kappa shape index (κ2) is 7.63. The third-order valence-corrected chi connectivity index (χ3v) is 3.49. The molecule has 7 heteroatoms. The van der Waals surface area contributed by atoms with E-state index in [1.54, 1.807) is 32.9 Å². The standard InChI is InChI=1S/C18H24FN3O3/c1-11(9-21-17(23)25-18(2,3)4)8-12-13(19)10-20-14-6-7-15(24-5)22-16(12)14/h6-7,10-11H,8-9H2,1-5H3,(H,21,23). The van der Waals surface area contributed by atoms with Gasteiger partial charge in [-0.25, -0.2) is 14.2 Å². The molecule has 0 bridgehead atoms. The van der Waals surface area contributed by atoms with Gasteiger partial charge >= 0.3 is 6.09 Å². The van der Waals surface area contributed by atoms with Crippen LogP contribution in [0.4, 0.5) is 9.18 Å². The van der Waals surface area contributed by atoms with E-state index in [1.165, 1.54) is 13.3 Å². The lowest BCUT2D eigenvalue weighted by atomic mass is 10.00. The summed E-state index contributed by atoms with van der Waals surface area (Å²) >= 11 is 0. The molecule has 25 heavy (non-hydrogen) atoms. The average Bonchev–Trinajstić information content (AvgIpc) is 2.53. The zero-order valence-corrected chi connectivity index (χ0v) is 15.2. The zero-order chi connectivity index (χ0) is 18.6. The summed E-state index contributed by atoms with van der Waals surface area (Å²) in [6.45, 7) is 7.68. The maximum Gasteiger partial charge on any atom is 0.407 e. The first-order chi connectivity index (χ1) is 11.7. The molecule has 0 fully saturated rings. The third-order valence-electron chi connectivity index (χ3n) is 3.49. The smallest absolute Gasteiger partial charge is 0.407 e. The minimum absolute atomic E-state index is 0.0133. The van der Waals surface area contributed by atoms with Gasteiger partial charge in [0.1, 0.15) is 11.4 Å². The number of carbonyl (C=O) groups excluding carboxylic acids is 1. The first-order valence-electron chi connectivity index (χ1n) is 8.14. The molecule has 0 radical (unpaired) electrons. The molecule has 6 nitrogen and oxygen atoms in total. The summed E-state index contributed by atoms with van der Waals surface area (Å²) in [6, 6.07) is 3.43. The van der Waals surface area contributed by atoms with Crippen LogP contribution in [0, 0.1) is 11.7 Å². The molecule has 1 amide bonds. The molecule has 0 aliphatic heterocycles. The minimum Gasteiger partial charge on any atom is -0.481 e. The van der Waals surface area contributed by atoms with Crippen molar-refractivity contribution < 1.29 is 18.7 Å². The highest BCUT2D eigenvalue weighted by Crippen LogP contribution is 2.23. The number of amides is 1. The van der Waals surface area contributed by atoms with E-state index in [0.29, 0.717) is 35.4 Å². The number of hydrogen-bond donors (Lipinski definition) is 1. The summed E-state index contributed by atoms with van der Waals surface area (Å²) in [6.07, 6.45) is 1.11. The highest BCUT2D eigenvalue weighted by Gasteiger charge is 2.18. The van der Waals surface area contributed by atoms with Gasteiger partial charge in [0.15, 0.2) is 0 Å².